The number of carbonyl (C=O) groups excluding carboxylic acids is 3. The van der Waals surface area contributed by atoms with Gasteiger partial charge in [0.05, 0.1) is 6.04 Å². The van der Waals surface area contributed by atoms with Gasteiger partial charge in [-0.25, -0.2) is 4.79 Å². The molecule has 0 aliphatic carbocycles. The predicted molar refractivity (Wildman–Crippen MR) is 146 cm³/mol. The maximum atomic E-state index is 13.2. The lowest BCUT2D eigenvalue weighted by atomic mass is 10.0. The van der Waals surface area contributed by atoms with E-state index in [0.29, 0.717) is 5.56 Å². The number of hydrogen-bond acceptors (Lipinski definition) is 8. The van der Waals surface area contributed by atoms with Crippen molar-refractivity contribution in [3.63, 3.8) is 0 Å². The number of nitrogens with two attached hydrogens (primary N) is 3. The Balaban J connectivity index is 3.12. The first-order chi connectivity index (χ1) is 17.8. The number of thiol groups is 1. The van der Waals surface area contributed by atoms with Crippen molar-refractivity contribution in [2.75, 3.05) is 12.3 Å². The van der Waals surface area contributed by atoms with Crippen LogP contribution in [0.1, 0.15) is 38.7 Å². The van der Waals surface area contributed by atoms with Crippen molar-refractivity contribution < 1.29 is 29.4 Å². The van der Waals surface area contributed by atoms with Gasteiger partial charge in [0.1, 0.15) is 23.9 Å². The third-order valence-corrected chi connectivity index (χ3v) is 5.84. The van der Waals surface area contributed by atoms with Crippen LogP contribution in [0.25, 0.3) is 0 Å². The van der Waals surface area contributed by atoms with Gasteiger partial charge in [0.2, 0.25) is 17.7 Å². The molecule has 3 amide bonds. The lowest BCUT2D eigenvalue weighted by Gasteiger charge is -2.26. The number of nitrogens with one attached hydrogen (secondary N) is 3. The number of carboxylic acid groups (broad SMARTS) is 1. The molecule has 0 heterocycles. The molecule has 13 nitrogen and oxygen atoms in total. The maximum Gasteiger partial charge on any atom is 0.326 e. The molecule has 38 heavy (non-hydrogen) atoms. The number of benzene rings is 1. The van der Waals surface area contributed by atoms with Crippen LogP contribution in [0.5, 0.6) is 5.75 Å². The zero-order chi connectivity index (χ0) is 28.8. The molecule has 0 radical (unpaired) electrons. The van der Waals surface area contributed by atoms with Crippen LogP contribution in [-0.2, 0) is 25.6 Å². The minimum atomic E-state index is -1.26. The fourth-order valence-corrected chi connectivity index (χ4v) is 3.61. The molecule has 4 unspecified atom stereocenters. The van der Waals surface area contributed by atoms with Crippen LogP contribution in [0.15, 0.2) is 29.3 Å². The third kappa shape index (κ3) is 12.1. The maximum absolute atomic E-state index is 13.2. The molecule has 4 atom stereocenters. The molecule has 212 valence electrons. The molecule has 1 aromatic carbocycles. The summed E-state index contributed by atoms with van der Waals surface area (Å²) in [4.78, 5) is 54.3. The Kier molecular flexibility index (Phi) is 14.0. The summed E-state index contributed by atoms with van der Waals surface area (Å²) >= 11 is 4.01. The second-order valence-electron chi connectivity index (χ2n) is 9.26. The number of guanidine groups is 1. The molecule has 0 saturated heterocycles. The van der Waals surface area contributed by atoms with E-state index in [1.807, 2.05) is 13.8 Å². The normalized spacial score (nSPS) is 14.0. The fraction of sp³-hybridized carbons (Fsp3) is 0.542. The zero-order valence-electron chi connectivity index (χ0n) is 21.6. The molecule has 0 aliphatic heterocycles. The first-order valence-corrected chi connectivity index (χ1v) is 12.8. The number of aromatic hydroxyl groups is 1. The zero-order valence-corrected chi connectivity index (χ0v) is 22.5. The molecule has 0 saturated carbocycles. The molecule has 0 aliphatic rings. The monoisotopic (exact) mass is 553 g/mol. The van der Waals surface area contributed by atoms with Crippen molar-refractivity contribution in [3.8, 4) is 5.75 Å². The lowest BCUT2D eigenvalue weighted by Crippen LogP contribution is -2.58. The molecular weight excluding hydrogens is 514 g/mol. The second-order valence-corrected chi connectivity index (χ2v) is 9.62. The number of carbonyl (C=O) groups is 4. The Morgan fingerprint density at radius 1 is 0.947 bits per heavy atom. The molecule has 11 N–H and O–H groups in total. The Morgan fingerprint density at radius 3 is 2.03 bits per heavy atom. The summed E-state index contributed by atoms with van der Waals surface area (Å²) in [6.45, 7) is 3.91. The second kappa shape index (κ2) is 16.3. The summed E-state index contributed by atoms with van der Waals surface area (Å²) in [5.74, 6) is -3.20. The van der Waals surface area contributed by atoms with Gasteiger partial charge in [-0.3, -0.25) is 19.4 Å². The quantitative estimate of drug-likeness (QED) is 0.0518. The van der Waals surface area contributed by atoms with Gasteiger partial charge >= 0.3 is 5.97 Å². The Morgan fingerprint density at radius 2 is 1.50 bits per heavy atom. The summed E-state index contributed by atoms with van der Waals surface area (Å²) in [6.07, 6.45) is 0.604. The fourth-order valence-electron chi connectivity index (χ4n) is 3.45. The van der Waals surface area contributed by atoms with E-state index in [2.05, 4.69) is 33.6 Å². The highest BCUT2D eigenvalue weighted by Crippen LogP contribution is 2.13. The van der Waals surface area contributed by atoms with E-state index >= 15 is 0 Å². The number of phenolic OH excluding ortho intramolecular Hbond substituents is 1. The number of amides is 3. The van der Waals surface area contributed by atoms with Crippen molar-refractivity contribution in [1.29, 1.82) is 0 Å². The van der Waals surface area contributed by atoms with E-state index in [4.69, 9.17) is 17.2 Å². The average Bonchev–Trinajstić information content (AvgIpc) is 2.84. The van der Waals surface area contributed by atoms with E-state index < -0.39 is 47.9 Å². The summed E-state index contributed by atoms with van der Waals surface area (Å²) in [5.41, 5.74) is 16.9. The van der Waals surface area contributed by atoms with Crippen LogP contribution >= 0.6 is 12.6 Å². The topological polar surface area (TPSA) is 235 Å². The van der Waals surface area contributed by atoms with E-state index in [1.165, 1.54) is 12.1 Å². The minimum Gasteiger partial charge on any atom is -0.508 e. The number of hydrogen-bond donors (Lipinski definition) is 9. The highest BCUT2D eigenvalue weighted by atomic mass is 32.1. The van der Waals surface area contributed by atoms with E-state index in [0.717, 1.165) is 0 Å². The molecule has 1 aromatic rings. The van der Waals surface area contributed by atoms with Gasteiger partial charge in [-0.2, -0.15) is 12.6 Å². The van der Waals surface area contributed by atoms with Crippen molar-refractivity contribution in [3.05, 3.63) is 29.8 Å². The molecular formula is C24H39N7O6S. The number of phenols is 1. The summed E-state index contributed by atoms with van der Waals surface area (Å²) < 4.78 is 0. The summed E-state index contributed by atoms with van der Waals surface area (Å²) in [6, 6.07) is 1.65. The molecule has 14 heteroatoms. The largest absolute Gasteiger partial charge is 0.508 e. The van der Waals surface area contributed by atoms with Crippen LogP contribution in [0.3, 0.4) is 0 Å². The predicted octanol–water partition coefficient (Wildman–Crippen LogP) is -1.17. The minimum absolute atomic E-state index is 0.00328. The third-order valence-electron chi connectivity index (χ3n) is 5.44. The van der Waals surface area contributed by atoms with Crippen LogP contribution in [0.2, 0.25) is 0 Å². The van der Waals surface area contributed by atoms with Gasteiger partial charge < -0.3 is 43.4 Å². The van der Waals surface area contributed by atoms with Gasteiger partial charge in [-0.05, 0) is 42.9 Å². The van der Waals surface area contributed by atoms with Gasteiger partial charge in [-0.1, -0.05) is 26.0 Å². The SMILES string of the molecule is CC(C)CC(NC(=O)C(N)CS)C(=O)NC(Cc1ccc(O)cc1)C(=O)NC(CCCN=C(N)N)C(=O)O. The summed E-state index contributed by atoms with van der Waals surface area (Å²) in [5, 5.41) is 26.9. The Bertz CT molecular complexity index is 970. The van der Waals surface area contributed by atoms with E-state index in [1.54, 1.807) is 12.1 Å². The number of carboxylic acids is 1. The van der Waals surface area contributed by atoms with Gasteiger partial charge in [-0.15, -0.1) is 0 Å². The molecule has 0 fully saturated rings. The van der Waals surface area contributed by atoms with Crippen LogP contribution in [0, 0.1) is 5.92 Å². The Hall–Kier alpha value is -3.52. The average molecular weight is 554 g/mol. The van der Waals surface area contributed by atoms with Crippen molar-refractivity contribution >= 4 is 42.3 Å². The Labute approximate surface area is 227 Å². The molecule has 1 rings (SSSR count). The van der Waals surface area contributed by atoms with E-state index in [-0.39, 0.29) is 55.6 Å². The first kappa shape index (κ1) is 32.5. The van der Waals surface area contributed by atoms with Crippen LogP contribution in [-0.4, -0.2) is 76.3 Å². The number of nitrogens with zero attached hydrogens (tertiary/aromatic N) is 1. The first-order valence-electron chi connectivity index (χ1n) is 12.2. The van der Waals surface area contributed by atoms with Crippen molar-refractivity contribution in [2.45, 2.75) is 63.7 Å². The van der Waals surface area contributed by atoms with Crippen LogP contribution < -0.4 is 33.2 Å². The standard InChI is InChI=1S/C24H39N7O6S/c1-13(2)10-18(30-20(33)16(25)12-38)21(34)31-19(11-14-5-7-15(32)8-6-14)22(35)29-17(23(36)37)4-3-9-28-24(26)27/h5-8,13,16-19,32,38H,3-4,9-12,25H2,1-2H3,(H,29,35)(H,30,33)(H,31,34)(H,36,37)(H4,26,27,28). The molecule has 0 spiro atoms. The van der Waals surface area contributed by atoms with E-state index in [9.17, 15) is 29.4 Å². The lowest BCUT2D eigenvalue weighted by molar-refractivity contribution is -0.142. The number of aliphatic carboxylic acids is 1. The van der Waals surface area contributed by atoms with Crippen LogP contribution in [0.4, 0.5) is 0 Å². The van der Waals surface area contributed by atoms with Gasteiger partial charge in [0.25, 0.3) is 0 Å². The molecule has 0 aromatic heterocycles. The summed E-state index contributed by atoms with van der Waals surface area (Å²) in [7, 11) is 0. The van der Waals surface area contributed by atoms with Crippen molar-refractivity contribution in [1.82, 2.24) is 16.0 Å². The highest BCUT2D eigenvalue weighted by Gasteiger charge is 2.30. The van der Waals surface area contributed by atoms with Gasteiger partial charge in [0.15, 0.2) is 5.96 Å². The van der Waals surface area contributed by atoms with Gasteiger partial charge in [0, 0.05) is 18.7 Å². The highest BCUT2D eigenvalue weighted by molar-refractivity contribution is 7.80. The number of aliphatic imine (C=N–C) groups is 1. The smallest absolute Gasteiger partial charge is 0.326 e. The number of rotatable bonds is 16. The van der Waals surface area contributed by atoms with Crippen molar-refractivity contribution in [2.24, 2.45) is 28.1 Å². The molecule has 0 bridgehead atoms.